The molecule has 1 saturated heterocycles. The predicted octanol–water partition coefficient (Wildman–Crippen LogP) is 6.69. The lowest BCUT2D eigenvalue weighted by molar-refractivity contribution is 0.0203. The molecule has 2 aliphatic carbocycles. The van der Waals surface area contributed by atoms with Crippen LogP contribution < -0.4 is 0 Å². The number of likely N-dealkylation sites (tertiary alicyclic amines) is 1. The van der Waals surface area contributed by atoms with Gasteiger partial charge in [-0.15, -0.1) is 0 Å². The molecule has 3 atom stereocenters. The second-order valence-electron chi connectivity index (χ2n) is 10.6. The molecule has 0 radical (unpaired) electrons. The maximum Gasteiger partial charge on any atom is 0.410 e. The summed E-state index contributed by atoms with van der Waals surface area (Å²) in [5.41, 5.74) is 1.87. The van der Waals surface area contributed by atoms with Gasteiger partial charge < -0.3 is 18.9 Å². The zero-order chi connectivity index (χ0) is 23.3. The third-order valence-electron chi connectivity index (χ3n) is 6.79. The largest absolute Gasteiger partial charge is 0.444 e. The van der Waals surface area contributed by atoms with Crippen molar-refractivity contribution in [3.05, 3.63) is 39.6 Å². The highest BCUT2D eigenvalue weighted by Crippen LogP contribution is 2.47. The Bertz CT molecular complexity index is 1010. The van der Waals surface area contributed by atoms with Gasteiger partial charge in [0, 0.05) is 30.1 Å². The third kappa shape index (κ3) is 4.89. The quantitative estimate of drug-likeness (QED) is 0.465. The fourth-order valence-electron chi connectivity index (χ4n) is 5.11. The number of amides is 1. The first-order valence-corrected chi connectivity index (χ1v) is 12.5. The molecule has 1 aromatic carbocycles. The Morgan fingerprint density at radius 1 is 1.15 bits per heavy atom. The normalized spacial score (nSPS) is 24.9. The summed E-state index contributed by atoms with van der Waals surface area (Å²) in [5.74, 6) is 2.20. The predicted molar refractivity (Wildman–Crippen MR) is 127 cm³/mol. The number of hydrogen-bond acceptors (Lipinski definition) is 5. The lowest BCUT2D eigenvalue weighted by atomic mass is 10.0. The smallest absolute Gasteiger partial charge is 0.410 e. The van der Waals surface area contributed by atoms with Crippen LogP contribution in [0.2, 0.25) is 10.0 Å². The van der Waals surface area contributed by atoms with Gasteiger partial charge in [-0.2, -0.15) is 0 Å². The second kappa shape index (κ2) is 8.79. The fourth-order valence-corrected chi connectivity index (χ4v) is 5.68. The molecule has 0 bridgehead atoms. The van der Waals surface area contributed by atoms with Crippen LogP contribution in [0.3, 0.4) is 0 Å². The second-order valence-corrected chi connectivity index (χ2v) is 11.4. The molecule has 6 nitrogen and oxygen atoms in total. The number of nitrogens with zero attached hydrogens (tertiary/aromatic N) is 2. The van der Waals surface area contributed by atoms with Crippen LogP contribution in [-0.4, -0.2) is 40.9 Å². The van der Waals surface area contributed by atoms with Crippen LogP contribution in [-0.2, 0) is 16.1 Å². The number of benzene rings is 1. The standard InChI is InChI=1S/C25H30Cl2N2O4/c1-25(2,3)32-24(30)29-11-15-9-17(10-16(15)12-29)31-13-18-22(28-33-23(18)14-7-8-14)21-19(26)5-4-6-20(21)27/h4-6,14-17H,7-13H2,1-3H3/t15-,16+,17+. The number of ether oxygens (including phenoxy) is 2. The first-order valence-electron chi connectivity index (χ1n) is 11.7. The van der Waals surface area contributed by atoms with E-state index in [9.17, 15) is 4.79 Å². The van der Waals surface area contributed by atoms with Gasteiger partial charge in [-0.3, -0.25) is 0 Å². The Morgan fingerprint density at radius 2 is 1.79 bits per heavy atom. The summed E-state index contributed by atoms with van der Waals surface area (Å²) in [6, 6.07) is 5.45. The maximum absolute atomic E-state index is 12.4. The Kier molecular flexibility index (Phi) is 6.13. The molecular formula is C25H30Cl2N2O4. The average Bonchev–Trinajstić information content (AvgIpc) is 3.18. The number of halogens is 2. The maximum atomic E-state index is 12.4. The van der Waals surface area contributed by atoms with Crippen LogP contribution in [0.5, 0.6) is 0 Å². The molecule has 8 heteroatoms. The highest BCUT2D eigenvalue weighted by atomic mass is 35.5. The van der Waals surface area contributed by atoms with E-state index in [0.29, 0.717) is 45.7 Å². The molecule has 0 unspecified atom stereocenters. The zero-order valence-corrected chi connectivity index (χ0v) is 20.8. The minimum absolute atomic E-state index is 0.150. The van der Waals surface area contributed by atoms with Crippen molar-refractivity contribution in [3.63, 3.8) is 0 Å². The summed E-state index contributed by atoms with van der Waals surface area (Å²) in [5, 5.41) is 5.45. The summed E-state index contributed by atoms with van der Waals surface area (Å²) >= 11 is 12.9. The first-order chi connectivity index (χ1) is 15.7. The van der Waals surface area contributed by atoms with Crippen molar-refractivity contribution in [3.8, 4) is 11.3 Å². The molecule has 33 heavy (non-hydrogen) atoms. The van der Waals surface area contributed by atoms with Gasteiger partial charge in [-0.1, -0.05) is 34.4 Å². The van der Waals surface area contributed by atoms with Crippen LogP contribution in [0.15, 0.2) is 22.7 Å². The molecule has 1 aliphatic heterocycles. The molecule has 0 N–H and O–H groups in total. The first kappa shape index (κ1) is 23.0. The fraction of sp³-hybridized carbons (Fsp3) is 0.600. The lowest BCUT2D eigenvalue weighted by Gasteiger charge is -2.25. The zero-order valence-electron chi connectivity index (χ0n) is 19.3. The Morgan fingerprint density at radius 3 is 2.36 bits per heavy atom. The molecule has 2 heterocycles. The SMILES string of the molecule is CC(C)(C)OC(=O)N1C[C@H]2C[C@H](OCc3c(-c4c(Cl)cccc4Cl)noc3C3CC3)C[C@H]2C1. The Balaban J connectivity index is 1.25. The molecule has 1 amide bonds. The van der Waals surface area contributed by atoms with Gasteiger partial charge in [0.15, 0.2) is 0 Å². The van der Waals surface area contributed by atoms with Crippen molar-refractivity contribution >= 4 is 29.3 Å². The van der Waals surface area contributed by atoms with E-state index in [1.165, 1.54) is 0 Å². The van der Waals surface area contributed by atoms with E-state index in [0.717, 1.165) is 50.1 Å². The highest BCUT2D eigenvalue weighted by Gasteiger charge is 2.44. The molecule has 0 spiro atoms. The molecule has 3 fully saturated rings. The van der Waals surface area contributed by atoms with Crippen LogP contribution in [0.25, 0.3) is 11.3 Å². The summed E-state index contributed by atoms with van der Waals surface area (Å²) in [4.78, 5) is 14.3. The van der Waals surface area contributed by atoms with Gasteiger partial charge in [-0.25, -0.2) is 4.79 Å². The van der Waals surface area contributed by atoms with E-state index >= 15 is 0 Å². The van der Waals surface area contributed by atoms with E-state index in [4.69, 9.17) is 37.2 Å². The minimum atomic E-state index is -0.472. The van der Waals surface area contributed by atoms with Crippen molar-refractivity contribution in [1.82, 2.24) is 10.1 Å². The van der Waals surface area contributed by atoms with E-state index in [-0.39, 0.29) is 12.2 Å². The average molecular weight is 493 g/mol. The number of hydrogen-bond donors (Lipinski definition) is 0. The van der Waals surface area contributed by atoms with Gasteiger partial charge >= 0.3 is 6.09 Å². The Labute approximate surface area is 204 Å². The molecule has 3 aliphatic rings. The Hall–Kier alpha value is -1.76. The molecule has 1 aromatic heterocycles. The van der Waals surface area contributed by atoms with E-state index in [1.54, 1.807) is 0 Å². The van der Waals surface area contributed by atoms with Crippen LogP contribution in [0.4, 0.5) is 4.79 Å². The minimum Gasteiger partial charge on any atom is -0.444 e. The van der Waals surface area contributed by atoms with Crippen molar-refractivity contribution < 1.29 is 18.8 Å². The number of carbonyl (C=O) groups excluding carboxylic acids is 1. The van der Waals surface area contributed by atoms with Crippen molar-refractivity contribution in [2.45, 2.75) is 70.7 Å². The van der Waals surface area contributed by atoms with Crippen LogP contribution in [0.1, 0.15) is 63.7 Å². The molecular weight excluding hydrogens is 463 g/mol. The number of carbonyl (C=O) groups is 1. The highest BCUT2D eigenvalue weighted by molar-refractivity contribution is 6.39. The van der Waals surface area contributed by atoms with Gasteiger partial charge in [0.25, 0.3) is 0 Å². The summed E-state index contributed by atoms with van der Waals surface area (Å²) < 4.78 is 17.7. The van der Waals surface area contributed by atoms with E-state index < -0.39 is 5.60 Å². The lowest BCUT2D eigenvalue weighted by Crippen LogP contribution is -2.36. The monoisotopic (exact) mass is 492 g/mol. The van der Waals surface area contributed by atoms with Gasteiger partial charge in [0.1, 0.15) is 17.1 Å². The summed E-state index contributed by atoms with van der Waals surface area (Å²) in [6.07, 6.45) is 4.02. The van der Waals surface area contributed by atoms with Gasteiger partial charge in [-0.05, 0) is 70.4 Å². The van der Waals surface area contributed by atoms with Crippen molar-refractivity contribution in [2.75, 3.05) is 13.1 Å². The summed E-state index contributed by atoms with van der Waals surface area (Å²) in [7, 11) is 0. The van der Waals surface area contributed by atoms with Crippen LogP contribution >= 0.6 is 23.2 Å². The number of fused-ring (bicyclic) bond motifs is 1. The molecule has 2 aromatic rings. The van der Waals surface area contributed by atoms with Gasteiger partial charge in [0.05, 0.1) is 22.8 Å². The summed E-state index contributed by atoms with van der Waals surface area (Å²) in [6.45, 7) is 7.59. The number of rotatable bonds is 5. The van der Waals surface area contributed by atoms with Gasteiger partial charge in [0.2, 0.25) is 0 Å². The third-order valence-corrected chi connectivity index (χ3v) is 7.42. The molecule has 178 valence electrons. The molecule has 2 saturated carbocycles. The van der Waals surface area contributed by atoms with E-state index in [2.05, 4.69) is 5.16 Å². The van der Waals surface area contributed by atoms with Crippen molar-refractivity contribution in [1.29, 1.82) is 0 Å². The van der Waals surface area contributed by atoms with E-state index in [1.807, 2.05) is 43.9 Å². The number of aromatic nitrogens is 1. The molecule has 5 rings (SSSR count). The van der Waals surface area contributed by atoms with Crippen molar-refractivity contribution in [2.24, 2.45) is 11.8 Å². The van der Waals surface area contributed by atoms with Crippen LogP contribution in [0, 0.1) is 11.8 Å². The topological polar surface area (TPSA) is 64.8 Å².